The molecule has 0 saturated heterocycles. The van der Waals surface area contributed by atoms with Crippen molar-refractivity contribution in [3.63, 3.8) is 0 Å². The molecular weight excluding hydrogens is 220 g/mol. The van der Waals surface area contributed by atoms with Crippen LogP contribution in [0.4, 0.5) is 0 Å². The maximum Gasteiger partial charge on any atom is 0.199 e. The normalized spacial score (nSPS) is 11.6. The number of hydrogen-bond acceptors (Lipinski definition) is 2. The van der Waals surface area contributed by atoms with Gasteiger partial charge in [-0.3, -0.25) is 0 Å². The Labute approximate surface area is 97.9 Å². The molecule has 1 aromatic carbocycles. The summed E-state index contributed by atoms with van der Waals surface area (Å²) in [6.07, 6.45) is 0. The second kappa shape index (κ2) is 4.06. The summed E-state index contributed by atoms with van der Waals surface area (Å²) in [4.78, 5) is 0.420. The molecule has 0 atom stereocenters. The van der Waals surface area contributed by atoms with Gasteiger partial charge in [0, 0.05) is 5.41 Å². The van der Waals surface area contributed by atoms with E-state index in [2.05, 4.69) is 6.58 Å². The highest BCUT2D eigenvalue weighted by atomic mass is 32.2. The minimum absolute atomic E-state index is 0.420. The Morgan fingerprint density at radius 1 is 0.812 bits per heavy atom. The zero-order valence-electron chi connectivity index (χ0n) is 10.5. The Hall–Kier alpha value is -1.09. The fourth-order valence-electron chi connectivity index (χ4n) is 1.98. The fraction of sp³-hybridized carbons (Fsp3) is 0.385. The molecule has 0 fully saturated rings. The van der Waals surface area contributed by atoms with Gasteiger partial charge >= 0.3 is 0 Å². The highest BCUT2D eigenvalue weighted by Gasteiger charge is 2.20. The smallest absolute Gasteiger partial charge is 0.199 e. The van der Waals surface area contributed by atoms with Gasteiger partial charge < -0.3 is 0 Å². The Kier molecular flexibility index (Phi) is 3.29. The first-order chi connectivity index (χ1) is 7.24. The molecule has 0 aliphatic heterocycles. The van der Waals surface area contributed by atoms with Gasteiger partial charge in [-0.05, 0) is 62.4 Å². The maximum absolute atomic E-state index is 11.9. The largest absolute Gasteiger partial charge is 0.219 e. The molecule has 0 spiro atoms. The minimum atomic E-state index is -3.36. The van der Waals surface area contributed by atoms with Crippen LogP contribution in [0, 0.1) is 34.6 Å². The molecule has 0 aromatic heterocycles. The first kappa shape index (κ1) is 13.0. The van der Waals surface area contributed by atoms with Gasteiger partial charge in [-0.2, -0.15) is 0 Å². The predicted molar refractivity (Wildman–Crippen MR) is 67.5 cm³/mol. The van der Waals surface area contributed by atoms with E-state index in [0.717, 1.165) is 33.2 Å². The molecule has 0 heterocycles. The standard InChI is InChI=1S/C13H18O2S/c1-7-16(14,15)13-11(5)9(3)8(2)10(4)12(13)6/h7H,1H2,2-6H3. The van der Waals surface area contributed by atoms with E-state index in [0.29, 0.717) is 4.90 Å². The lowest BCUT2D eigenvalue weighted by atomic mass is 9.95. The van der Waals surface area contributed by atoms with E-state index in [1.165, 1.54) is 0 Å². The van der Waals surface area contributed by atoms with Gasteiger partial charge in [0.1, 0.15) is 0 Å². The number of rotatable bonds is 2. The van der Waals surface area contributed by atoms with Crippen molar-refractivity contribution in [2.75, 3.05) is 0 Å². The van der Waals surface area contributed by atoms with Crippen LogP contribution in [-0.4, -0.2) is 8.42 Å². The maximum atomic E-state index is 11.9. The van der Waals surface area contributed by atoms with E-state index in [9.17, 15) is 8.42 Å². The van der Waals surface area contributed by atoms with Crippen molar-refractivity contribution in [3.05, 3.63) is 39.8 Å². The highest BCUT2D eigenvalue weighted by Crippen LogP contribution is 2.30. The van der Waals surface area contributed by atoms with E-state index in [1.807, 2.05) is 34.6 Å². The van der Waals surface area contributed by atoms with Crippen LogP contribution in [0.5, 0.6) is 0 Å². The SMILES string of the molecule is C=CS(=O)(=O)c1c(C)c(C)c(C)c(C)c1C. The van der Waals surface area contributed by atoms with E-state index < -0.39 is 9.84 Å². The van der Waals surface area contributed by atoms with Gasteiger partial charge in [0.25, 0.3) is 0 Å². The van der Waals surface area contributed by atoms with E-state index >= 15 is 0 Å². The van der Waals surface area contributed by atoms with Gasteiger partial charge in [0.15, 0.2) is 9.84 Å². The summed E-state index contributed by atoms with van der Waals surface area (Å²) in [5.74, 6) is 0. The lowest BCUT2D eigenvalue weighted by Crippen LogP contribution is -2.07. The van der Waals surface area contributed by atoms with Crippen LogP contribution >= 0.6 is 0 Å². The zero-order chi connectivity index (χ0) is 12.7. The average Bonchev–Trinajstić information content (AvgIpc) is 2.23. The number of hydrogen-bond donors (Lipinski definition) is 0. The van der Waals surface area contributed by atoms with Gasteiger partial charge in [-0.15, -0.1) is 0 Å². The first-order valence-corrected chi connectivity index (χ1v) is 6.73. The van der Waals surface area contributed by atoms with Gasteiger partial charge in [-0.1, -0.05) is 6.58 Å². The van der Waals surface area contributed by atoms with Crippen LogP contribution in [0.2, 0.25) is 0 Å². The molecule has 3 heteroatoms. The molecule has 0 radical (unpaired) electrons. The van der Waals surface area contributed by atoms with Crippen LogP contribution in [0.15, 0.2) is 16.9 Å². The predicted octanol–water partition coefficient (Wildman–Crippen LogP) is 3.15. The molecule has 1 aromatic rings. The summed E-state index contributed by atoms with van der Waals surface area (Å²) in [6, 6.07) is 0. The Morgan fingerprint density at radius 2 is 1.12 bits per heavy atom. The zero-order valence-corrected chi connectivity index (χ0v) is 11.3. The summed E-state index contributed by atoms with van der Waals surface area (Å²) < 4.78 is 23.9. The van der Waals surface area contributed by atoms with Crippen molar-refractivity contribution in [1.82, 2.24) is 0 Å². The molecule has 88 valence electrons. The van der Waals surface area contributed by atoms with Crippen molar-refractivity contribution in [3.8, 4) is 0 Å². The summed E-state index contributed by atoms with van der Waals surface area (Å²) in [7, 11) is -3.36. The second-order valence-electron chi connectivity index (χ2n) is 4.17. The Morgan fingerprint density at radius 3 is 1.44 bits per heavy atom. The molecule has 1 rings (SSSR count). The monoisotopic (exact) mass is 238 g/mol. The quantitative estimate of drug-likeness (QED) is 0.793. The Balaban J connectivity index is 3.86. The molecule has 16 heavy (non-hydrogen) atoms. The van der Waals surface area contributed by atoms with Crippen LogP contribution in [0.1, 0.15) is 27.8 Å². The van der Waals surface area contributed by atoms with E-state index in [-0.39, 0.29) is 0 Å². The van der Waals surface area contributed by atoms with Crippen molar-refractivity contribution < 1.29 is 8.42 Å². The fourth-order valence-corrected chi connectivity index (χ4v) is 3.30. The molecule has 2 nitrogen and oxygen atoms in total. The molecule has 0 N–H and O–H groups in total. The molecular formula is C13H18O2S. The average molecular weight is 238 g/mol. The summed E-state index contributed by atoms with van der Waals surface area (Å²) in [5, 5.41) is 1.02. The van der Waals surface area contributed by atoms with Crippen LogP contribution < -0.4 is 0 Å². The third-order valence-corrected chi connectivity index (χ3v) is 5.06. The van der Waals surface area contributed by atoms with Gasteiger partial charge in [0.05, 0.1) is 4.90 Å². The minimum Gasteiger partial charge on any atom is -0.219 e. The molecule has 0 saturated carbocycles. The van der Waals surface area contributed by atoms with Crippen LogP contribution in [0.25, 0.3) is 0 Å². The second-order valence-corrected chi connectivity index (χ2v) is 6.00. The molecule has 0 bridgehead atoms. The molecule has 0 amide bonds. The number of benzene rings is 1. The van der Waals surface area contributed by atoms with Crippen molar-refractivity contribution in [2.24, 2.45) is 0 Å². The van der Waals surface area contributed by atoms with Crippen LogP contribution in [0.3, 0.4) is 0 Å². The third kappa shape index (κ3) is 1.80. The topological polar surface area (TPSA) is 34.1 Å². The van der Waals surface area contributed by atoms with E-state index in [4.69, 9.17) is 0 Å². The summed E-state index contributed by atoms with van der Waals surface area (Å²) in [5.41, 5.74) is 4.92. The van der Waals surface area contributed by atoms with Crippen molar-refractivity contribution in [1.29, 1.82) is 0 Å². The van der Waals surface area contributed by atoms with Crippen molar-refractivity contribution >= 4 is 9.84 Å². The molecule has 0 aliphatic rings. The Bertz CT molecular complexity index is 523. The number of sulfone groups is 1. The summed E-state index contributed by atoms with van der Waals surface area (Å²) in [6.45, 7) is 13.0. The lowest BCUT2D eigenvalue weighted by Gasteiger charge is -2.17. The third-order valence-electron chi connectivity index (χ3n) is 3.44. The van der Waals surface area contributed by atoms with Crippen LogP contribution in [-0.2, 0) is 9.84 Å². The van der Waals surface area contributed by atoms with E-state index in [1.54, 1.807) is 0 Å². The van der Waals surface area contributed by atoms with Gasteiger partial charge in [-0.25, -0.2) is 8.42 Å². The lowest BCUT2D eigenvalue weighted by molar-refractivity contribution is 0.603. The summed E-state index contributed by atoms with van der Waals surface area (Å²) >= 11 is 0. The van der Waals surface area contributed by atoms with Crippen molar-refractivity contribution in [2.45, 2.75) is 39.5 Å². The first-order valence-electron chi connectivity index (χ1n) is 5.18. The highest BCUT2D eigenvalue weighted by molar-refractivity contribution is 7.94. The molecule has 0 unspecified atom stereocenters. The van der Waals surface area contributed by atoms with Gasteiger partial charge in [0.2, 0.25) is 0 Å². The molecule has 0 aliphatic carbocycles.